The van der Waals surface area contributed by atoms with Crippen molar-refractivity contribution in [2.24, 2.45) is 0 Å². The molecule has 2 amide bonds. The van der Waals surface area contributed by atoms with Gasteiger partial charge in [-0.25, -0.2) is 0 Å². The molecule has 0 spiro atoms. The van der Waals surface area contributed by atoms with Crippen LogP contribution in [0.3, 0.4) is 0 Å². The standard InChI is InChI=1S/C25H26Cl2N2O3/c26-15-23(30)29(16-18-7-3-1-4-8-18)25(24(31)28-22-12-11-21(22)27)13-20(14-25)32-17-19-9-5-2-6-10-19/h1-10,12,20-21H,11,13-17H2,(H,28,31)/t20?,21-,25?/m1/s1. The van der Waals surface area contributed by atoms with Gasteiger partial charge in [-0.1, -0.05) is 66.7 Å². The van der Waals surface area contributed by atoms with Gasteiger partial charge in [0.15, 0.2) is 0 Å². The van der Waals surface area contributed by atoms with E-state index in [2.05, 4.69) is 5.32 Å². The summed E-state index contributed by atoms with van der Waals surface area (Å²) in [6, 6.07) is 19.5. The summed E-state index contributed by atoms with van der Waals surface area (Å²) >= 11 is 12.2. The van der Waals surface area contributed by atoms with Crippen LogP contribution in [0.5, 0.6) is 0 Å². The highest BCUT2D eigenvalue weighted by atomic mass is 35.5. The molecule has 0 unspecified atom stereocenters. The van der Waals surface area contributed by atoms with E-state index < -0.39 is 5.54 Å². The summed E-state index contributed by atoms with van der Waals surface area (Å²) in [5.41, 5.74) is 1.67. The van der Waals surface area contributed by atoms with Crippen molar-refractivity contribution >= 4 is 35.0 Å². The molecule has 1 fully saturated rings. The fraction of sp³-hybridized carbons (Fsp3) is 0.360. The molecule has 0 heterocycles. The number of alkyl halides is 2. The first kappa shape index (κ1) is 22.8. The van der Waals surface area contributed by atoms with Gasteiger partial charge in [0.05, 0.1) is 18.1 Å². The second-order valence-electron chi connectivity index (χ2n) is 8.27. The second-order valence-corrected chi connectivity index (χ2v) is 9.07. The van der Waals surface area contributed by atoms with Crippen molar-refractivity contribution in [1.82, 2.24) is 10.2 Å². The van der Waals surface area contributed by atoms with E-state index in [1.165, 1.54) is 0 Å². The Morgan fingerprint density at radius 1 is 1.03 bits per heavy atom. The predicted molar refractivity (Wildman–Crippen MR) is 125 cm³/mol. The third-order valence-corrected chi connectivity index (χ3v) is 6.78. The number of carbonyl (C=O) groups is 2. The van der Waals surface area contributed by atoms with Gasteiger partial charge in [0.25, 0.3) is 0 Å². The van der Waals surface area contributed by atoms with E-state index in [4.69, 9.17) is 27.9 Å². The molecule has 0 aliphatic heterocycles. The molecule has 4 rings (SSSR count). The van der Waals surface area contributed by atoms with Gasteiger partial charge in [-0.3, -0.25) is 9.59 Å². The fourth-order valence-electron chi connectivity index (χ4n) is 4.15. The van der Waals surface area contributed by atoms with E-state index in [9.17, 15) is 9.59 Å². The number of halogens is 2. The summed E-state index contributed by atoms with van der Waals surface area (Å²) < 4.78 is 6.06. The maximum absolute atomic E-state index is 13.5. The van der Waals surface area contributed by atoms with Crippen molar-refractivity contribution in [2.45, 2.75) is 49.4 Å². The number of allylic oxidation sites excluding steroid dienone is 2. The molecule has 2 aromatic rings. The lowest BCUT2D eigenvalue weighted by Crippen LogP contribution is -2.69. The second kappa shape index (κ2) is 10.1. The molecule has 0 saturated heterocycles. The maximum Gasteiger partial charge on any atom is 0.250 e. The van der Waals surface area contributed by atoms with Crippen molar-refractivity contribution in [3.8, 4) is 0 Å². The van der Waals surface area contributed by atoms with Crippen LogP contribution in [0.2, 0.25) is 0 Å². The molecule has 0 bridgehead atoms. The van der Waals surface area contributed by atoms with E-state index in [1.807, 2.05) is 66.7 Å². The lowest BCUT2D eigenvalue weighted by atomic mass is 9.71. The summed E-state index contributed by atoms with van der Waals surface area (Å²) in [4.78, 5) is 28.0. The van der Waals surface area contributed by atoms with Crippen LogP contribution in [-0.4, -0.2) is 39.6 Å². The lowest BCUT2D eigenvalue weighted by Gasteiger charge is -2.52. The summed E-state index contributed by atoms with van der Waals surface area (Å²) in [7, 11) is 0. The van der Waals surface area contributed by atoms with Crippen LogP contribution in [0.15, 0.2) is 72.4 Å². The van der Waals surface area contributed by atoms with Crippen LogP contribution in [-0.2, 0) is 27.5 Å². The third-order valence-electron chi connectivity index (χ3n) is 6.14. The molecule has 0 radical (unpaired) electrons. The number of ether oxygens (including phenoxy) is 1. The molecule has 0 aromatic heterocycles. The largest absolute Gasteiger partial charge is 0.373 e. The molecular weight excluding hydrogens is 447 g/mol. The number of hydrogen-bond acceptors (Lipinski definition) is 3. The van der Waals surface area contributed by atoms with Crippen LogP contribution in [0.4, 0.5) is 0 Å². The number of carbonyl (C=O) groups excluding carboxylic acids is 2. The van der Waals surface area contributed by atoms with Gasteiger partial charge in [-0.05, 0) is 17.5 Å². The van der Waals surface area contributed by atoms with E-state index in [-0.39, 0.29) is 29.2 Å². The molecule has 7 heteroatoms. The highest BCUT2D eigenvalue weighted by molar-refractivity contribution is 6.27. The van der Waals surface area contributed by atoms with Crippen molar-refractivity contribution in [3.63, 3.8) is 0 Å². The monoisotopic (exact) mass is 472 g/mol. The highest BCUT2D eigenvalue weighted by Gasteiger charge is 2.56. The average molecular weight is 473 g/mol. The molecule has 1 saturated carbocycles. The van der Waals surface area contributed by atoms with Crippen molar-refractivity contribution in [1.29, 1.82) is 0 Å². The van der Waals surface area contributed by atoms with E-state index in [0.717, 1.165) is 17.5 Å². The topological polar surface area (TPSA) is 58.6 Å². The summed E-state index contributed by atoms with van der Waals surface area (Å²) in [5, 5.41) is 2.74. The summed E-state index contributed by atoms with van der Waals surface area (Å²) in [6.45, 7) is 0.759. The quantitative estimate of drug-likeness (QED) is 0.550. The molecule has 2 aliphatic carbocycles. The zero-order chi connectivity index (χ0) is 22.6. The van der Waals surface area contributed by atoms with Gasteiger partial charge in [0, 0.05) is 25.1 Å². The molecule has 32 heavy (non-hydrogen) atoms. The molecule has 2 aromatic carbocycles. The van der Waals surface area contributed by atoms with Gasteiger partial charge in [-0.2, -0.15) is 0 Å². The van der Waals surface area contributed by atoms with Crippen LogP contribution in [0.1, 0.15) is 30.4 Å². The number of rotatable bonds is 9. The Bertz CT molecular complexity index is 975. The summed E-state index contributed by atoms with van der Waals surface area (Å²) in [6.07, 6.45) is 3.30. The smallest absolute Gasteiger partial charge is 0.250 e. The Morgan fingerprint density at radius 2 is 1.66 bits per heavy atom. The average Bonchev–Trinajstić information content (AvgIpc) is 2.80. The Kier molecular flexibility index (Phi) is 7.19. The van der Waals surface area contributed by atoms with E-state index in [1.54, 1.807) is 4.90 Å². The first-order valence-corrected chi connectivity index (χ1v) is 11.7. The number of nitrogens with one attached hydrogen (secondary N) is 1. The normalized spacial score (nSPS) is 24.0. The zero-order valence-corrected chi connectivity index (χ0v) is 19.2. The predicted octanol–water partition coefficient (Wildman–Crippen LogP) is 4.38. The van der Waals surface area contributed by atoms with E-state index >= 15 is 0 Å². The molecule has 5 nitrogen and oxygen atoms in total. The minimum atomic E-state index is -1.03. The zero-order valence-electron chi connectivity index (χ0n) is 17.7. The highest BCUT2D eigenvalue weighted by Crippen LogP contribution is 2.42. The van der Waals surface area contributed by atoms with Crippen LogP contribution in [0.25, 0.3) is 0 Å². The Morgan fingerprint density at radius 3 is 2.19 bits per heavy atom. The molecular formula is C25H26Cl2N2O3. The maximum atomic E-state index is 13.5. The summed E-state index contributed by atoms with van der Waals surface area (Å²) in [5.74, 6) is -0.710. The van der Waals surface area contributed by atoms with Gasteiger partial charge < -0.3 is 15.0 Å². The van der Waals surface area contributed by atoms with Crippen molar-refractivity contribution in [3.05, 3.63) is 83.6 Å². The van der Waals surface area contributed by atoms with Gasteiger partial charge in [0.2, 0.25) is 11.8 Å². The minimum absolute atomic E-state index is 0.135. The minimum Gasteiger partial charge on any atom is -0.373 e. The third kappa shape index (κ3) is 4.85. The number of benzene rings is 2. The Hall–Kier alpha value is -2.34. The van der Waals surface area contributed by atoms with Gasteiger partial charge >= 0.3 is 0 Å². The fourth-order valence-corrected chi connectivity index (χ4v) is 4.52. The van der Waals surface area contributed by atoms with Gasteiger partial charge in [0.1, 0.15) is 11.4 Å². The van der Waals surface area contributed by atoms with Crippen molar-refractivity contribution in [2.75, 3.05) is 5.88 Å². The molecule has 1 N–H and O–H groups in total. The molecule has 168 valence electrons. The Balaban J connectivity index is 1.53. The first-order chi connectivity index (χ1) is 15.5. The van der Waals surface area contributed by atoms with Crippen LogP contribution >= 0.6 is 23.2 Å². The Labute approximate surface area is 198 Å². The lowest BCUT2D eigenvalue weighted by molar-refractivity contribution is -0.168. The SMILES string of the molecule is O=C(CCl)N(Cc1ccccc1)C1(C(=O)NC2=CC[C@H]2Cl)CC(OCc2ccccc2)C1. The number of nitrogens with zero attached hydrogens (tertiary/aromatic N) is 1. The molecule has 1 atom stereocenters. The number of hydrogen-bond donors (Lipinski definition) is 1. The first-order valence-electron chi connectivity index (χ1n) is 10.7. The number of amides is 2. The van der Waals surface area contributed by atoms with Gasteiger partial charge in [-0.15, -0.1) is 23.2 Å². The van der Waals surface area contributed by atoms with Crippen molar-refractivity contribution < 1.29 is 14.3 Å². The van der Waals surface area contributed by atoms with E-state index in [0.29, 0.717) is 31.7 Å². The molecule has 2 aliphatic rings. The van der Waals surface area contributed by atoms with Crippen LogP contribution in [0, 0.1) is 0 Å². The van der Waals surface area contributed by atoms with Crippen LogP contribution < -0.4 is 5.32 Å².